The molecule has 9 atom stereocenters. The first-order valence-electron chi connectivity index (χ1n) is 11.7. The van der Waals surface area contributed by atoms with Gasteiger partial charge in [-0.2, -0.15) is 0 Å². The number of alkyl halides is 1. The molecule has 9 unspecified atom stereocenters. The molecule has 0 aromatic rings. The molecule has 4 rings (SSSR count). The van der Waals surface area contributed by atoms with Gasteiger partial charge in [-0.1, -0.05) is 13.8 Å². The van der Waals surface area contributed by atoms with Crippen molar-refractivity contribution in [3.8, 4) is 0 Å². The number of hydrogen-bond donors (Lipinski definition) is 1. The van der Waals surface area contributed by atoms with Crippen LogP contribution in [0.1, 0.15) is 84.5 Å². The van der Waals surface area contributed by atoms with E-state index < -0.39 is 12.3 Å². The molecule has 4 fully saturated rings. The van der Waals surface area contributed by atoms with Gasteiger partial charge in [0.2, 0.25) is 0 Å². The zero-order valence-electron chi connectivity index (χ0n) is 18.0. The van der Waals surface area contributed by atoms with Gasteiger partial charge in [-0.05, 0) is 105 Å². The van der Waals surface area contributed by atoms with Crippen LogP contribution in [0, 0.1) is 40.4 Å². The lowest BCUT2D eigenvalue weighted by atomic mass is 9.44. The maximum absolute atomic E-state index is 14.5. The van der Waals surface area contributed by atoms with Gasteiger partial charge in [0.15, 0.2) is 0 Å². The van der Waals surface area contributed by atoms with Crippen LogP contribution in [-0.4, -0.2) is 30.5 Å². The summed E-state index contributed by atoms with van der Waals surface area (Å²) in [5, 5.41) is 10.1. The van der Waals surface area contributed by atoms with Crippen LogP contribution in [0.25, 0.3) is 0 Å². The van der Waals surface area contributed by atoms with E-state index in [0.29, 0.717) is 36.5 Å². The fraction of sp³-hybridized carbons (Fsp3) is 0.958. The summed E-state index contributed by atoms with van der Waals surface area (Å²) in [5.41, 5.74) is 0.468. The number of halogens is 1. The number of aliphatic hydroxyl groups excluding tert-OH is 1. The third-order valence-corrected chi connectivity index (χ3v) is 10.0. The summed E-state index contributed by atoms with van der Waals surface area (Å²) in [4.78, 5) is 11.5. The molecule has 0 aromatic carbocycles. The van der Waals surface area contributed by atoms with Gasteiger partial charge >= 0.3 is 5.97 Å². The topological polar surface area (TPSA) is 46.5 Å². The van der Waals surface area contributed by atoms with E-state index in [1.807, 2.05) is 0 Å². The average Bonchev–Trinajstić information content (AvgIpc) is 2.99. The van der Waals surface area contributed by atoms with E-state index in [-0.39, 0.29) is 11.4 Å². The van der Waals surface area contributed by atoms with Crippen LogP contribution in [0.15, 0.2) is 0 Å². The zero-order valence-corrected chi connectivity index (χ0v) is 18.0. The Hall–Kier alpha value is -0.640. The molecule has 160 valence electrons. The van der Waals surface area contributed by atoms with Gasteiger partial charge in [-0.3, -0.25) is 4.79 Å². The van der Waals surface area contributed by atoms with Crippen LogP contribution in [0.5, 0.6) is 0 Å². The second kappa shape index (κ2) is 7.56. The minimum atomic E-state index is -1.04. The second-order valence-corrected chi connectivity index (χ2v) is 11.0. The van der Waals surface area contributed by atoms with E-state index in [1.54, 1.807) is 0 Å². The smallest absolute Gasteiger partial charge is 0.305 e. The minimum absolute atomic E-state index is 0.0753. The highest BCUT2D eigenvalue weighted by Crippen LogP contribution is 2.68. The van der Waals surface area contributed by atoms with Crippen molar-refractivity contribution in [3.05, 3.63) is 0 Å². The number of carbonyl (C=O) groups is 1. The fourth-order valence-corrected chi connectivity index (χ4v) is 8.41. The normalized spacial score (nSPS) is 50.4. The van der Waals surface area contributed by atoms with Crippen molar-refractivity contribution in [2.75, 3.05) is 7.11 Å². The lowest BCUT2D eigenvalue weighted by Crippen LogP contribution is -2.56. The highest BCUT2D eigenvalue weighted by molar-refractivity contribution is 5.68. The number of ether oxygens (including phenoxy) is 1. The SMILES string of the molecule is COC(=O)CCCC1CCC2C3CCC4CC(O)C(F)CC4(C)C3CCC12C. The van der Waals surface area contributed by atoms with E-state index >= 15 is 0 Å². The van der Waals surface area contributed by atoms with E-state index in [9.17, 15) is 14.3 Å². The van der Waals surface area contributed by atoms with Crippen LogP contribution in [0.4, 0.5) is 4.39 Å². The summed E-state index contributed by atoms with van der Waals surface area (Å²) in [6.45, 7) is 4.86. The monoisotopic (exact) mass is 394 g/mol. The summed E-state index contributed by atoms with van der Waals surface area (Å²) in [7, 11) is 1.47. The van der Waals surface area contributed by atoms with E-state index in [0.717, 1.165) is 30.6 Å². The molecule has 4 aliphatic carbocycles. The number of esters is 1. The van der Waals surface area contributed by atoms with Crippen molar-refractivity contribution < 1.29 is 19.0 Å². The summed E-state index contributed by atoms with van der Waals surface area (Å²) in [5.74, 6) is 3.25. The van der Waals surface area contributed by atoms with Gasteiger partial charge in [0, 0.05) is 6.42 Å². The standard InChI is InChI=1S/C24H39FO3/c1-23-12-11-19-17(9-7-16-13-21(26)20(25)14-24(16,19)2)18(23)10-8-15(23)5-4-6-22(27)28-3/h15-21,26H,4-14H2,1-3H3. The van der Waals surface area contributed by atoms with E-state index in [1.165, 1.54) is 45.6 Å². The molecule has 3 nitrogen and oxygen atoms in total. The number of fused-ring (bicyclic) bond motifs is 5. The van der Waals surface area contributed by atoms with Gasteiger partial charge in [0.05, 0.1) is 13.2 Å². The molecule has 0 amide bonds. The Morgan fingerprint density at radius 3 is 2.61 bits per heavy atom. The summed E-state index contributed by atoms with van der Waals surface area (Å²) in [6, 6.07) is 0. The average molecular weight is 395 g/mol. The van der Waals surface area contributed by atoms with Crippen molar-refractivity contribution in [1.82, 2.24) is 0 Å². The molecular weight excluding hydrogens is 355 g/mol. The summed E-state index contributed by atoms with van der Waals surface area (Å²) < 4.78 is 19.3. The third-order valence-electron chi connectivity index (χ3n) is 10.0. The van der Waals surface area contributed by atoms with Crippen molar-refractivity contribution in [2.45, 2.75) is 96.8 Å². The molecule has 0 aromatic heterocycles. The molecule has 0 radical (unpaired) electrons. The molecule has 1 N–H and O–H groups in total. The first-order valence-corrected chi connectivity index (χ1v) is 11.7. The highest BCUT2D eigenvalue weighted by atomic mass is 19.1. The maximum Gasteiger partial charge on any atom is 0.305 e. The predicted octanol–water partition coefficient (Wildman–Crippen LogP) is 5.30. The molecule has 0 spiro atoms. The number of hydrogen-bond acceptors (Lipinski definition) is 3. The lowest BCUT2D eigenvalue weighted by Gasteiger charge is -2.61. The lowest BCUT2D eigenvalue weighted by molar-refractivity contribution is -0.146. The first-order chi connectivity index (χ1) is 13.3. The molecule has 0 aliphatic heterocycles. The predicted molar refractivity (Wildman–Crippen MR) is 107 cm³/mol. The van der Waals surface area contributed by atoms with Gasteiger partial charge in [-0.25, -0.2) is 4.39 Å². The molecule has 0 bridgehead atoms. The van der Waals surface area contributed by atoms with E-state index in [4.69, 9.17) is 4.74 Å². The highest BCUT2D eigenvalue weighted by Gasteiger charge is 2.60. The largest absolute Gasteiger partial charge is 0.469 e. The molecule has 4 aliphatic rings. The van der Waals surface area contributed by atoms with Gasteiger partial charge in [-0.15, -0.1) is 0 Å². The molecule has 0 saturated heterocycles. The number of methoxy groups -OCH3 is 1. The molecular formula is C24H39FO3. The van der Waals surface area contributed by atoms with Crippen LogP contribution in [-0.2, 0) is 9.53 Å². The minimum Gasteiger partial charge on any atom is -0.469 e. The van der Waals surface area contributed by atoms with Gasteiger partial charge in [0.1, 0.15) is 6.17 Å². The first kappa shape index (κ1) is 20.6. The Bertz CT molecular complexity index is 594. The Morgan fingerprint density at radius 1 is 1.11 bits per heavy atom. The summed E-state index contributed by atoms with van der Waals surface area (Å²) in [6.07, 6.45) is 9.57. The molecule has 4 saturated carbocycles. The second-order valence-electron chi connectivity index (χ2n) is 11.0. The Morgan fingerprint density at radius 2 is 1.86 bits per heavy atom. The Kier molecular flexibility index (Phi) is 5.57. The van der Waals surface area contributed by atoms with Crippen LogP contribution in [0.3, 0.4) is 0 Å². The van der Waals surface area contributed by atoms with E-state index in [2.05, 4.69) is 13.8 Å². The number of rotatable bonds is 4. The molecule has 0 heterocycles. The van der Waals surface area contributed by atoms with Crippen LogP contribution in [0.2, 0.25) is 0 Å². The van der Waals surface area contributed by atoms with Crippen LogP contribution < -0.4 is 0 Å². The zero-order chi connectivity index (χ0) is 20.1. The van der Waals surface area contributed by atoms with Gasteiger partial charge < -0.3 is 9.84 Å². The van der Waals surface area contributed by atoms with Crippen LogP contribution >= 0.6 is 0 Å². The van der Waals surface area contributed by atoms with Crippen molar-refractivity contribution in [1.29, 1.82) is 0 Å². The third kappa shape index (κ3) is 3.22. The Balaban J connectivity index is 1.46. The van der Waals surface area contributed by atoms with Crippen molar-refractivity contribution in [3.63, 3.8) is 0 Å². The number of carbonyl (C=O) groups excluding carboxylic acids is 1. The molecule has 4 heteroatoms. The number of aliphatic hydroxyl groups is 1. The van der Waals surface area contributed by atoms with Gasteiger partial charge in [0.25, 0.3) is 0 Å². The maximum atomic E-state index is 14.5. The fourth-order valence-electron chi connectivity index (χ4n) is 8.41. The van der Waals surface area contributed by atoms with Crippen molar-refractivity contribution in [2.24, 2.45) is 40.4 Å². The summed E-state index contributed by atoms with van der Waals surface area (Å²) >= 11 is 0. The molecule has 28 heavy (non-hydrogen) atoms. The van der Waals surface area contributed by atoms with Crippen molar-refractivity contribution >= 4 is 5.97 Å². The quantitative estimate of drug-likeness (QED) is 0.658. The Labute approximate surface area is 169 Å².